The smallest absolute Gasteiger partial charge is 0.234 e. The van der Waals surface area contributed by atoms with Crippen LogP contribution >= 0.6 is 15.9 Å². The van der Waals surface area contributed by atoms with Gasteiger partial charge in [0.1, 0.15) is 5.69 Å². The molecule has 1 fully saturated rings. The number of carbonyl (C=O) groups excluding carboxylic acids is 1. The molecule has 20 heavy (non-hydrogen) atoms. The normalized spacial score (nSPS) is 18.3. The van der Waals surface area contributed by atoms with Gasteiger partial charge < -0.3 is 4.52 Å². The van der Waals surface area contributed by atoms with Crippen molar-refractivity contribution in [2.45, 2.75) is 6.42 Å². The van der Waals surface area contributed by atoms with Gasteiger partial charge in [-0.05, 0) is 12.1 Å². The van der Waals surface area contributed by atoms with Gasteiger partial charge in [0.2, 0.25) is 11.8 Å². The lowest BCUT2D eigenvalue weighted by molar-refractivity contribution is -0.117. The van der Waals surface area contributed by atoms with E-state index in [2.05, 4.69) is 27.0 Å². The van der Waals surface area contributed by atoms with Crippen LogP contribution < -0.4 is 4.90 Å². The number of hydrogen-bond donors (Lipinski definition) is 0. The van der Waals surface area contributed by atoms with Crippen LogP contribution in [0.5, 0.6) is 0 Å². The Hall–Kier alpha value is -2.06. The van der Waals surface area contributed by atoms with Crippen LogP contribution in [-0.4, -0.2) is 17.6 Å². The number of hydrogen-bond acceptors (Lipinski definition) is 3. The average molecular weight is 331 g/mol. The SMILES string of the molecule is C#CC1CC(=O)N(c2cc(-c3ccc(Br)cc3)no2)C1. The lowest BCUT2D eigenvalue weighted by atomic mass is 10.1. The largest absolute Gasteiger partial charge is 0.338 e. The Morgan fingerprint density at radius 2 is 2.15 bits per heavy atom. The van der Waals surface area contributed by atoms with E-state index in [0.717, 1.165) is 10.0 Å². The van der Waals surface area contributed by atoms with Crippen molar-refractivity contribution in [1.82, 2.24) is 5.16 Å². The summed E-state index contributed by atoms with van der Waals surface area (Å²) >= 11 is 3.38. The number of halogens is 1. The van der Waals surface area contributed by atoms with Crippen molar-refractivity contribution in [3.05, 3.63) is 34.8 Å². The molecule has 1 unspecified atom stereocenters. The minimum absolute atomic E-state index is 0.0218. The number of nitrogens with zero attached hydrogens (tertiary/aromatic N) is 2. The van der Waals surface area contributed by atoms with Crippen molar-refractivity contribution < 1.29 is 9.32 Å². The molecule has 4 nitrogen and oxygen atoms in total. The molecule has 5 heteroatoms. The molecule has 1 saturated heterocycles. The summed E-state index contributed by atoms with van der Waals surface area (Å²) in [6.07, 6.45) is 5.73. The minimum atomic E-state index is -0.0521. The topological polar surface area (TPSA) is 46.3 Å². The first-order valence-electron chi connectivity index (χ1n) is 6.16. The van der Waals surface area contributed by atoms with Crippen molar-refractivity contribution in [2.75, 3.05) is 11.4 Å². The molecule has 1 aliphatic heterocycles. The van der Waals surface area contributed by atoms with Gasteiger partial charge in [-0.1, -0.05) is 33.2 Å². The quantitative estimate of drug-likeness (QED) is 0.795. The minimum Gasteiger partial charge on any atom is -0.338 e. The van der Waals surface area contributed by atoms with Gasteiger partial charge in [0.25, 0.3) is 0 Å². The lowest BCUT2D eigenvalue weighted by Gasteiger charge is -2.09. The molecule has 1 amide bonds. The Kier molecular flexibility index (Phi) is 3.33. The zero-order valence-corrected chi connectivity index (χ0v) is 12.1. The fraction of sp³-hybridized carbons (Fsp3) is 0.200. The summed E-state index contributed by atoms with van der Waals surface area (Å²) in [5.74, 6) is 2.98. The molecule has 100 valence electrons. The van der Waals surface area contributed by atoms with Crippen LogP contribution in [-0.2, 0) is 4.79 Å². The molecule has 1 atom stereocenters. The van der Waals surface area contributed by atoms with Crippen LogP contribution in [0.3, 0.4) is 0 Å². The van der Waals surface area contributed by atoms with Crippen molar-refractivity contribution in [2.24, 2.45) is 5.92 Å². The molecule has 0 N–H and O–H groups in total. The number of anilines is 1. The predicted molar refractivity (Wildman–Crippen MR) is 78.9 cm³/mol. The van der Waals surface area contributed by atoms with Gasteiger partial charge in [-0.3, -0.25) is 9.69 Å². The van der Waals surface area contributed by atoms with Crippen molar-refractivity contribution in [3.63, 3.8) is 0 Å². The fourth-order valence-corrected chi connectivity index (χ4v) is 2.45. The van der Waals surface area contributed by atoms with Gasteiger partial charge in [-0.25, -0.2) is 0 Å². The number of carbonyl (C=O) groups is 1. The fourth-order valence-electron chi connectivity index (χ4n) is 2.18. The van der Waals surface area contributed by atoms with Crippen molar-refractivity contribution in [3.8, 4) is 23.6 Å². The van der Waals surface area contributed by atoms with Gasteiger partial charge in [0.15, 0.2) is 0 Å². The second-order valence-electron chi connectivity index (χ2n) is 4.63. The molecule has 0 bridgehead atoms. The molecule has 0 saturated carbocycles. The molecular weight excluding hydrogens is 320 g/mol. The molecule has 3 rings (SSSR count). The van der Waals surface area contributed by atoms with E-state index in [-0.39, 0.29) is 11.8 Å². The second-order valence-corrected chi connectivity index (χ2v) is 5.55. The van der Waals surface area contributed by atoms with Gasteiger partial charge in [-0.2, -0.15) is 0 Å². The number of amides is 1. The maximum absolute atomic E-state index is 11.9. The zero-order valence-electron chi connectivity index (χ0n) is 10.5. The third-order valence-corrected chi connectivity index (χ3v) is 3.79. The summed E-state index contributed by atoms with van der Waals surface area (Å²) in [7, 11) is 0. The van der Waals surface area contributed by atoms with E-state index in [9.17, 15) is 4.79 Å². The Balaban J connectivity index is 1.86. The molecule has 0 aliphatic carbocycles. The molecule has 1 aliphatic rings. The zero-order chi connectivity index (χ0) is 14.1. The van der Waals surface area contributed by atoms with Gasteiger partial charge >= 0.3 is 0 Å². The Bertz CT molecular complexity index is 685. The van der Waals surface area contributed by atoms with Crippen LogP contribution in [0.25, 0.3) is 11.3 Å². The monoisotopic (exact) mass is 330 g/mol. The highest BCUT2D eigenvalue weighted by molar-refractivity contribution is 9.10. The van der Waals surface area contributed by atoms with E-state index in [1.54, 1.807) is 11.0 Å². The first kappa shape index (κ1) is 12.9. The summed E-state index contributed by atoms with van der Waals surface area (Å²) in [6, 6.07) is 9.49. The first-order valence-corrected chi connectivity index (χ1v) is 6.96. The highest BCUT2D eigenvalue weighted by Gasteiger charge is 2.31. The number of terminal acetylenes is 1. The Morgan fingerprint density at radius 3 is 2.80 bits per heavy atom. The molecule has 0 radical (unpaired) electrons. The molecule has 2 heterocycles. The summed E-state index contributed by atoms with van der Waals surface area (Å²) < 4.78 is 6.27. The third kappa shape index (κ3) is 2.35. The summed E-state index contributed by atoms with van der Waals surface area (Å²) in [4.78, 5) is 13.4. The van der Waals surface area contributed by atoms with E-state index in [1.807, 2.05) is 24.3 Å². The molecule has 2 aromatic rings. The summed E-state index contributed by atoms with van der Waals surface area (Å²) in [5.41, 5.74) is 1.63. The molecule has 1 aromatic heterocycles. The Labute approximate surface area is 124 Å². The van der Waals surface area contributed by atoms with Gasteiger partial charge in [0.05, 0.1) is 0 Å². The number of aromatic nitrogens is 1. The van der Waals surface area contributed by atoms with Crippen LogP contribution in [0.15, 0.2) is 39.3 Å². The average Bonchev–Trinajstić information content (AvgIpc) is 3.06. The van der Waals surface area contributed by atoms with Crippen LogP contribution in [0.4, 0.5) is 5.88 Å². The highest BCUT2D eigenvalue weighted by atomic mass is 79.9. The van der Waals surface area contributed by atoms with E-state index >= 15 is 0 Å². The van der Waals surface area contributed by atoms with Crippen LogP contribution in [0.1, 0.15) is 6.42 Å². The summed E-state index contributed by atoms with van der Waals surface area (Å²) in [6.45, 7) is 0.490. The van der Waals surface area contributed by atoms with E-state index in [0.29, 0.717) is 24.5 Å². The highest BCUT2D eigenvalue weighted by Crippen LogP contribution is 2.29. The maximum Gasteiger partial charge on any atom is 0.234 e. The predicted octanol–water partition coefficient (Wildman–Crippen LogP) is 3.09. The van der Waals surface area contributed by atoms with Crippen LogP contribution in [0, 0.1) is 18.3 Å². The molecular formula is C15H11BrN2O2. The van der Waals surface area contributed by atoms with E-state index in [4.69, 9.17) is 10.9 Å². The van der Waals surface area contributed by atoms with Crippen molar-refractivity contribution in [1.29, 1.82) is 0 Å². The van der Waals surface area contributed by atoms with E-state index < -0.39 is 0 Å². The third-order valence-electron chi connectivity index (χ3n) is 3.26. The van der Waals surface area contributed by atoms with E-state index in [1.165, 1.54) is 0 Å². The summed E-state index contributed by atoms with van der Waals surface area (Å²) in [5, 5.41) is 4.01. The Morgan fingerprint density at radius 1 is 1.40 bits per heavy atom. The maximum atomic E-state index is 11.9. The molecule has 0 spiro atoms. The van der Waals surface area contributed by atoms with Gasteiger partial charge in [-0.15, -0.1) is 12.3 Å². The van der Waals surface area contributed by atoms with Crippen LogP contribution in [0.2, 0.25) is 0 Å². The lowest BCUT2D eigenvalue weighted by Crippen LogP contribution is -2.23. The number of rotatable bonds is 2. The first-order chi connectivity index (χ1) is 9.67. The standard InChI is InChI=1S/C15H11BrN2O2/c1-2-10-7-14(19)18(9-10)15-8-13(17-20-15)11-3-5-12(16)6-4-11/h1,3-6,8,10H,7,9H2. The second kappa shape index (κ2) is 5.14. The number of benzene rings is 1. The molecule has 1 aromatic carbocycles. The van der Waals surface area contributed by atoms with Crippen molar-refractivity contribution >= 4 is 27.7 Å². The van der Waals surface area contributed by atoms with Gasteiger partial charge in [0, 0.05) is 35.0 Å².